The summed E-state index contributed by atoms with van der Waals surface area (Å²) < 4.78 is 0. The number of hydrogen-bond donors (Lipinski definition) is 1. The minimum absolute atomic E-state index is 0.0685. The van der Waals surface area contributed by atoms with E-state index in [1.54, 1.807) is 35.0 Å². The Balaban J connectivity index is 2.25. The SMILES string of the molecule is CCCC1CN(c2cccc(C(=O)O)c2)C(=O)N1C. The fourth-order valence-corrected chi connectivity index (χ4v) is 2.40. The van der Waals surface area contributed by atoms with Crippen LogP contribution in [-0.4, -0.2) is 41.6 Å². The summed E-state index contributed by atoms with van der Waals surface area (Å²) in [5.74, 6) is -0.980. The van der Waals surface area contributed by atoms with Gasteiger partial charge in [-0.25, -0.2) is 9.59 Å². The number of urea groups is 1. The van der Waals surface area contributed by atoms with Crippen LogP contribution in [-0.2, 0) is 0 Å². The molecule has 1 aromatic rings. The molecule has 2 amide bonds. The minimum Gasteiger partial charge on any atom is -0.478 e. The van der Waals surface area contributed by atoms with Gasteiger partial charge in [-0.3, -0.25) is 4.90 Å². The Morgan fingerprint density at radius 3 is 2.84 bits per heavy atom. The molecule has 1 heterocycles. The molecule has 5 nitrogen and oxygen atoms in total. The first kappa shape index (κ1) is 13.4. The van der Waals surface area contributed by atoms with Crippen molar-refractivity contribution in [2.75, 3.05) is 18.5 Å². The summed E-state index contributed by atoms with van der Waals surface area (Å²) in [7, 11) is 1.80. The van der Waals surface area contributed by atoms with Crippen LogP contribution in [0.15, 0.2) is 24.3 Å². The van der Waals surface area contributed by atoms with Crippen molar-refractivity contribution in [3.63, 3.8) is 0 Å². The summed E-state index contributed by atoms with van der Waals surface area (Å²) in [5, 5.41) is 8.99. The van der Waals surface area contributed by atoms with Crippen LogP contribution in [0.1, 0.15) is 30.1 Å². The Labute approximate surface area is 112 Å². The number of anilines is 1. The first-order valence-corrected chi connectivity index (χ1v) is 6.42. The van der Waals surface area contributed by atoms with Crippen LogP contribution in [0.5, 0.6) is 0 Å². The quantitative estimate of drug-likeness (QED) is 0.906. The van der Waals surface area contributed by atoms with Crippen LogP contribution in [0.25, 0.3) is 0 Å². The molecule has 0 saturated carbocycles. The zero-order valence-electron chi connectivity index (χ0n) is 11.2. The summed E-state index contributed by atoms with van der Waals surface area (Å²) in [4.78, 5) is 26.5. The van der Waals surface area contributed by atoms with E-state index in [1.165, 1.54) is 6.07 Å². The summed E-state index contributed by atoms with van der Waals surface area (Å²) in [5.41, 5.74) is 0.849. The van der Waals surface area contributed by atoms with Gasteiger partial charge in [-0.2, -0.15) is 0 Å². The molecule has 0 aliphatic carbocycles. The maximum Gasteiger partial charge on any atom is 0.335 e. The van der Waals surface area contributed by atoms with Crippen molar-refractivity contribution in [2.45, 2.75) is 25.8 Å². The lowest BCUT2D eigenvalue weighted by molar-refractivity contribution is 0.0697. The van der Waals surface area contributed by atoms with Crippen molar-refractivity contribution in [3.8, 4) is 0 Å². The average molecular weight is 262 g/mol. The smallest absolute Gasteiger partial charge is 0.335 e. The second-order valence-electron chi connectivity index (χ2n) is 4.80. The van der Waals surface area contributed by atoms with Crippen LogP contribution in [0.4, 0.5) is 10.5 Å². The van der Waals surface area contributed by atoms with Crippen molar-refractivity contribution in [1.29, 1.82) is 0 Å². The van der Waals surface area contributed by atoms with Crippen LogP contribution >= 0.6 is 0 Å². The van der Waals surface area contributed by atoms with Gasteiger partial charge in [-0.15, -0.1) is 0 Å². The van der Waals surface area contributed by atoms with Gasteiger partial charge in [0.15, 0.2) is 0 Å². The molecular weight excluding hydrogens is 244 g/mol. The zero-order valence-corrected chi connectivity index (χ0v) is 11.2. The van der Waals surface area contributed by atoms with E-state index in [2.05, 4.69) is 6.92 Å². The molecule has 1 aliphatic heterocycles. The highest BCUT2D eigenvalue weighted by Crippen LogP contribution is 2.25. The maximum absolute atomic E-state index is 12.2. The molecule has 0 aromatic heterocycles. The second-order valence-corrected chi connectivity index (χ2v) is 4.80. The molecule has 2 rings (SSSR count). The zero-order chi connectivity index (χ0) is 14.0. The molecule has 0 radical (unpaired) electrons. The normalized spacial score (nSPS) is 19.1. The van der Waals surface area contributed by atoms with Crippen molar-refractivity contribution in [2.24, 2.45) is 0 Å². The van der Waals surface area contributed by atoms with Crippen LogP contribution in [0.2, 0.25) is 0 Å². The fraction of sp³-hybridized carbons (Fsp3) is 0.429. The number of rotatable bonds is 4. The molecule has 102 valence electrons. The highest BCUT2D eigenvalue weighted by Gasteiger charge is 2.34. The van der Waals surface area contributed by atoms with Crippen LogP contribution < -0.4 is 4.90 Å². The van der Waals surface area contributed by atoms with E-state index in [0.717, 1.165) is 12.8 Å². The van der Waals surface area contributed by atoms with Gasteiger partial charge in [-0.05, 0) is 24.6 Å². The fourth-order valence-electron chi connectivity index (χ4n) is 2.40. The number of nitrogens with zero attached hydrogens (tertiary/aromatic N) is 2. The number of carboxylic acid groups (broad SMARTS) is 1. The van der Waals surface area contributed by atoms with Crippen molar-refractivity contribution in [3.05, 3.63) is 29.8 Å². The Morgan fingerprint density at radius 1 is 1.47 bits per heavy atom. The van der Waals surface area contributed by atoms with Crippen molar-refractivity contribution >= 4 is 17.7 Å². The summed E-state index contributed by atoms with van der Waals surface area (Å²) in [6, 6.07) is 6.64. The van der Waals surface area contributed by atoms with E-state index in [1.807, 2.05) is 0 Å². The molecule has 5 heteroatoms. The summed E-state index contributed by atoms with van der Waals surface area (Å²) in [6.07, 6.45) is 1.97. The predicted octanol–water partition coefficient (Wildman–Crippen LogP) is 2.43. The van der Waals surface area contributed by atoms with Crippen LogP contribution in [0.3, 0.4) is 0 Å². The highest BCUT2D eigenvalue weighted by atomic mass is 16.4. The first-order chi connectivity index (χ1) is 9.04. The lowest BCUT2D eigenvalue weighted by atomic mass is 10.1. The van der Waals surface area contributed by atoms with E-state index in [4.69, 9.17) is 5.11 Å². The minimum atomic E-state index is -0.980. The molecule has 1 atom stereocenters. The molecule has 0 spiro atoms. The number of aromatic carboxylic acids is 1. The largest absolute Gasteiger partial charge is 0.478 e. The van der Waals surface area contributed by atoms with Gasteiger partial charge >= 0.3 is 12.0 Å². The number of carbonyl (C=O) groups is 2. The van der Waals surface area contributed by atoms with Gasteiger partial charge in [0.05, 0.1) is 11.6 Å². The third kappa shape index (κ3) is 2.54. The maximum atomic E-state index is 12.2. The molecular formula is C14H18N2O3. The van der Waals surface area contributed by atoms with Crippen LogP contribution in [0, 0.1) is 0 Å². The number of hydrogen-bond acceptors (Lipinski definition) is 2. The molecule has 0 bridgehead atoms. The molecule has 1 N–H and O–H groups in total. The van der Waals surface area contributed by atoms with Gasteiger partial charge < -0.3 is 10.0 Å². The summed E-state index contributed by atoms with van der Waals surface area (Å²) >= 11 is 0. The Morgan fingerprint density at radius 2 is 2.21 bits per heavy atom. The monoisotopic (exact) mass is 262 g/mol. The van der Waals surface area contributed by atoms with Gasteiger partial charge in [-0.1, -0.05) is 19.4 Å². The lowest BCUT2D eigenvalue weighted by Gasteiger charge is -2.16. The second kappa shape index (κ2) is 5.30. The van der Waals surface area contributed by atoms with E-state index in [0.29, 0.717) is 12.2 Å². The molecule has 1 saturated heterocycles. The van der Waals surface area contributed by atoms with Gasteiger partial charge in [0.2, 0.25) is 0 Å². The third-order valence-electron chi connectivity index (χ3n) is 3.50. The number of likely N-dealkylation sites (N-methyl/N-ethyl adjacent to an activating group) is 1. The van der Waals surface area contributed by atoms with Crippen molar-refractivity contribution in [1.82, 2.24) is 4.90 Å². The van der Waals surface area contributed by atoms with Gasteiger partial charge in [0.25, 0.3) is 0 Å². The molecule has 1 aliphatic rings. The standard InChI is InChI=1S/C14H18N2O3/c1-3-5-12-9-16(14(19)15(12)2)11-7-4-6-10(8-11)13(17)18/h4,6-8,12H,3,5,9H2,1-2H3,(H,17,18). The Hall–Kier alpha value is -2.04. The first-order valence-electron chi connectivity index (χ1n) is 6.42. The topological polar surface area (TPSA) is 60.9 Å². The number of benzene rings is 1. The van der Waals surface area contributed by atoms with E-state index in [9.17, 15) is 9.59 Å². The number of amides is 2. The number of carboxylic acids is 1. The number of carbonyl (C=O) groups excluding carboxylic acids is 1. The summed E-state index contributed by atoms with van der Waals surface area (Å²) in [6.45, 7) is 2.71. The van der Waals surface area contributed by atoms with Gasteiger partial charge in [0.1, 0.15) is 0 Å². The van der Waals surface area contributed by atoms with Gasteiger partial charge in [0, 0.05) is 19.3 Å². The third-order valence-corrected chi connectivity index (χ3v) is 3.50. The Bertz CT molecular complexity index is 501. The van der Waals surface area contributed by atoms with Crippen molar-refractivity contribution < 1.29 is 14.7 Å². The molecule has 1 aromatic carbocycles. The highest BCUT2D eigenvalue weighted by molar-refractivity contribution is 5.96. The molecule has 19 heavy (non-hydrogen) atoms. The molecule has 1 fully saturated rings. The lowest BCUT2D eigenvalue weighted by Crippen LogP contribution is -2.31. The van der Waals surface area contributed by atoms with E-state index < -0.39 is 5.97 Å². The van der Waals surface area contributed by atoms with E-state index >= 15 is 0 Å². The molecule has 1 unspecified atom stereocenters. The predicted molar refractivity (Wildman–Crippen MR) is 72.6 cm³/mol. The average Bonchev–Trinajstić information content (AvgIpc) is 2.68. The van der Waals surface area contributed by atoms with E-state index in [-0.39, 0.29) is 17.6 Å². The Kier molecular flexibility index (Phi) is 3.74.